The average molecular weight is 192 g/mol. The summed E-state index contributed by atoms with van der Waals surface area (Å²) in [7, 11) is 0. The fraction of sp³-hybridized carbons (Fsp3) is 0.750. The lowest BCUT2D eigenvalue weighted by Gasteiger charge is -2.24. The molecule has 3 atom stereocenters. The minimum Gasteiger partial charge on any atom is -0.457 e. The standard InChI is InChI=1S/C12H16O2/c1-7-3-2-4-8-5-9-6-10(13)14-12(9)11(7)8/h7,9,12H,2-6H2,1H3/t7-,9-,12+/m0/s1. The molecule has 2 nitrogen and oxygen atoms in total. The van der Waals surface area contributed by atoms with Crippen molar-refractivity contribution in [3.8, 4) is 0 Å². The van der Waals surface area contributed by atoms with Crippen molar-refractivity contribution < 1.29 is 9.53 Å². The smallest absolute Gasteiger partial charge is 0.306 e. The predicted octanol–water partition coefficient (Wildman–Crippen LogP) is 2.44. The summed E-state index contributed by atoms with van der Waals surface area (Å²) in [6, 6.07) is 0. The maximum Gasteiger partial charge on any atom is 0.306 e. The Labute approximate surface area is 84.3 Å². The van der Waals surface area contributed by atoms with Crippen LogP contribution in [-0.4, -0.2) is 12.1 Å². The van der Waals surface area contributed by atoms with Crippen LogP contribution in [0, 0.1) is 11.8 Å². The van der Waals surface area contributed by atoms with Gasteiger partial charge in [-0.25, -0.2) is 0 Å². The lowest BCUT2D eigenvalue weighted by molar-refractivity contribution is -0.140. The van der Waals surface area contributed by atoms with E-state index in [9.17, 15) is 4.79 Å². The average Bonchev–Trinajstić information content (AvgIpc) is 2.60. The molecule has 0 aromatic carbocycles. The van der Waals surface area contributed by atoms with E-state index in [0.29, 0.717) is 18.3 Å². The van der Waals surface area contributed by atoms with Gasteiger partial charge in [-0.15, -0.1) is 0 Å². The number of carbonyl (C=O) groups excluding carboxylic acids is 1. The molecule has 0 unspecified atom stereocenters. The van der Waals surface area contributed by atoms with Gasteiger partial charge in [0.1, 0.15) is 6.10 Å². The first-order valence-corrected chi connectivity index (χ1v) is 5.67. The van der Waals surface area contributed by atoms with Gasteiger partial charge in [-0.05, 0) is 37.2 Å². The largest absolute Gasteiger partial charge is 0.457 e. The van der Waals surface area contributed by atoms with Crippen LogP contribution in [0.5, 0.6) is 0 Å². The number of carbonyl (C=O) groups is 1. The fourth-order valence-corrected chi connectivity index (χ4v) is 3.39. The highest BCUT2D eigenvalue weighted by molar-refractivity contribution is 5.73. The Bertz CT molecular complexity index is 316. The van der Waals surface area contributed by atoms with Crippen molar-refractivity contribution in [1.82, 2.24) is 0 Å². The van der Waals surface area contributed by atoms with Crippen molar-refractivity contribution in [2.45, 2.75) is 45.1 Å². The molecule has 2 aliphatic carbocycles. The lowest BCUT2D eigenvalue weighted by atomic mass is 9.84. The second kappa shape index (κ2) is 2.85. The van der Waals surface area contributed by atoms with E-state index in [1.165, 1.54) is 24.8 Å². The molecular formula is C12H16O2. The summed E-state index contributed by atoms with van der Waals surface area (Å²) in [5.74, 6) is 1.16. The fourth-order valence-electron chi connectivity index (χ4n) is 3.39. The van der Waals surface area contributed by atoms with E-state index >= 15 is 0 Å². The van der Waals surface area contributed by atoms with E-state index in [1.54, 1.807) is 5.57 Å². The van der Waals surface area contributed by atoms with Crippen LogP contribution in [0.4, 0.5) is 0 Å². The lowest BCUT2D eigenvalue weighted by Crippen LogP contribution is -2.19. The first kappa shape index (κ1) is 8.51. The van der Waals surface area contributed by atoms with Gasteiger partial charge in [-0.2, -0.15) is 0 Å². The molecule has 14 heavy (non-hydrogen) atoms. The summed E-state index contributed by atoms with van der Waals surface area (Å²) in [5.41, 5.74) is 3.11. The number of hydrogen-bond acceptors (Lipinski definition) is 2. The van der Waals surface area contributed by atoms with Crippen LogP contribution in [0.1, 0.15) is 39.0 Å². The highest BCUT2D eigenvalue weighted by atomic mass is 16.6. The van der Waals surface area contributed by atoms with E-state index in [1.807, 2.05) is 0 Å². The summed E-state index contributed by atoms with van der Waals surface area (Å²) in [6.45, 7) is 2.28. The molecular weight excluding hydrogens is 176 g/mol. The topological polar surface area (TPSA) is 26.3 Å². The molecule has 3 aliphatic rings. The maximum atomic E-state index is 11.2. The van der Waals surface area contributed by atoms with Gasteiger partial charge in [-0.3, -0.25) is 4.79 Å². The Morgan fingerprint density at radius 2 is 2.21 bits per heavy atom. The molecule has 1 aliphatic heterocycles. The van der Waals surface area contributed by atoms with Crippen molar-refractivity contribution >= 4 is 5.97 Å². The highest BCUT2D eigenvalue weighted by Crippen LogP contribution is 2.48. The molecule has 0 saturated carbocycles. The minimum absolute atomic E-state index is 0.0179. The van der Waals surface area contributed by atoms with Crippen LogP contribution in [0.2, 0.25) is 0 Å². The van der Waals surface area contributed by atoms with Crippen LogP contribution in [0.25, 0.3) is 0 Å². The van der Waals surface area contributed by atoms with Crippen LogP contribution < -0.4 is 0 Å². The van der Waals surface area contributed by atoms with E-state index in [-0.39, 0.29) is 12.1 Å². The molecule has 1 heterocycles. The van der Waals surface area contributed by atoms with Crippen molar-refractivity contribution in [2.75, 3.05) is 0 Å². The molecule has 0 aromatic rings. The third-order valence-corrected chi connectivity index (χ3v) is 3.99. The van der Waals surface area contributed by atoms with Gasteiger partial charge in [0.25, 0.3) is 0 Å². The Morgan fingerprint density at radius 1 is 1.36 bits per heavy atom. The van der Waals surface area contributed by atoms with Gasteiger partial charge >= 0.3 is 5.97 Å². The maximum absolute atomic E-state index is 11.2. The zero-order valence-electron chi connectivity index (χ0n) is 8.58. The van der Waals surface area contributed by atoms with Crippen molar-refractivity contribution in [3.05, 3.63) is 11.1 Å². The number of ether oxygens (including phenoxy) is 1. The molecule has 1 saturated heterocycles. The molecule has 0 bridgehead atoms. The van der Waals surface area contributed by atoms with Crippen molar-refractivity contribution in [2.24, 2.45) is 11.8 Å². The molecule has 0 amide bonds. The summed E-state index contributed by atoms with van der Waals surface area (Å²) in [4.78, 5) is 11.2. The molecule has 0 N–H and O–H groups in total. The molecule has 1 fully saturated rings. The number of allylic oxidation sites excluding steroid dienone is 1. The minimum atomic E-state index is 0.0179. The quantitative estimate of drug-likeness (QED) is 0.435. The predicted molar refractivity (Wildman–Crippen MR) is 52.6 cm³/mol. The van der Waals surface area contributed by atoms with Gasteiger partial charge < -0.3 is 4.74 Å². The van der Waals surface area contributed by atoms with E-state index in [4.69, 9.17) is 4.74 Å². The first-order valence-electron chi connectivity index (χ1n) is 5.67. The molecule has 0 radical (unpaired) electrons. The second-order valence-corrected chi connectivity index (χ2v) is 4.93. The Hall–Kier alpha value is -0.790. The molecule has 0 spiro atoms. The van der Waals surface area contributed by atoms with E-state index < -0.39 is 0 Å². The van der Waals surface area contributed by atoms with Crippen molar-refractivity contribution in [3.63, 3.8) is 0 Å². The Kier molecular flexibility index (Phi) is 1.73. The number of rotatable bonds is 0. The summed E-state index contributed by atoms with van der Waals surface area (Å²) >= 11 is 0. The Morgan fingerprint density at radius 3 is 3.07 bits per heavy atom. The zero-order valence-corrected chi connectivity index (χ0v) is 8.58. The highest BCUT2D eigenvalue weighted by Gasteiger charge is 2.45. The third kappa shape index (κ3) is 1.06. The summed E-state index contributed by atoms with van der Waals surface area (Å²) < 4.78 is 5.43. The number of hydrogen-bond donors (Lipinski definition) is 0. The van der Waals surface area contributed by atoms with E-state index in [2.05, 4.69) is 6.92 Å². The molecule has 2 heteroatoms. The first-order chi connectivity index (χ1) is 6.75. The molecule has 0 aromatic heterocycles. The van der Waals surface area contributed by atoms with Gasteiger partial charge in [-0.1, -0.05) is 12.5 Å². The molecule has 76 valence electrons. The monoisotopic (exact) mass is 192 g/mol. The van der Waals surface area contributed by atoms with Crippen molar-refractivity contribution in [1.29, 1.82) is 0 Å². The van der Waals surface area contributed by atoms with Gasteiger partial charge in [0.15, 0.2) is 0 Å². The van der Waals surface area contributed by atoms with Crippen LogP contribution in [0.3, 0.4) is 0 Å². The number of fused-ring (bicyclic) bond motifs is 2. The van der Waals surface area contributed by atoms with Gasteiger partial charge in [0.05, 0.1) is 6.42 Å². The van der Waals surface area contributed by atoms with E-state index in [0.717, 1.165) is 6.42 Å². The summed E-state index contributed by atoms with van der Waals surface area (Å²) in [5, 5.41) is 0. The van der Waals surface area contributed by atoms with Crippen LogP contribution >= 0.6 is 0 Å². The van der Waals surface area contributed by atoms with Crippen LogP contribution in [-0.2, 0) is 9.53 Å². The zero-order chi connectivity index (χ0) is 9.71. The van der Waals surface area contributed by atoms with Crippen LogP contribution in [0.15, 0.2) is 11.1 Å². The van der Waals surface area contributed by atoms with Gasteiger partial charge in [0.2, 0.25) is 0 Å². The Balaban J connectivity index is 1.94. The third-order valence-electron chi connectivity index (χ3n) is 3.99. The second-order valence-electron chi connectivity index (χ2n) is 4.93. The number of esters is 1. The molecule has 3 rings (SSSR count). The normalized spacial score (nSPS) is 40.9. The van der Waals surface area contributed by atoms with Gasteiger partial charge in [0, 0.05) is 5.92 Å². The summed E-state index contributed by atoms with van der Waals surface area (Å²) in [6.07, 6.45) is 5.82. The SMILES string of the molecule is C[C@H]1CCCC2=C1[C@@H]1OC(=O)C[C@@H]1C2.